The lowest BCUT2D eigenvalue weighted by Gasteiger charge is -2.11. The Morgan fingerprint density at radius 2 is 2.36 bits per heavy atom. The Morgan fingerprint density at radius 3 is 2.93 bits per heavy atom. The second-order valence-corrected chi connectivity index (χ2v) is 3.64. The SMILES string of the molecule is Cn1nccc1C(=O)C1=CCCCC1. The van der Waals surface area contributed by atoms with Gasteiger partial charge in [0.15, 0.2) is 0 Å². The summed E-state index contributed by atoms with van der Waals surface area (Å²) in [6.45, 7) is 0. The maximum Gasteiger partial charge on any atom is 0.206 e. The molecule has 0 amide bonds. The molecular formula is C11H14N2O. The first-order chi connectivity index (χ1) is 6.79. The molecule has 14 heavy (non-hydrogen) atoms. The van der Waals surface area contributed by atoms with Crippen LogP contribution < -0.4 is 0 Å². The minimum absolute atomic E-state index is 0.143. The summed E-state index contributed by atoms with van der Waals surface area (Å²) in [5.41, 5.74) is 1.65. The molecule has 1 heterocycles. The standard InChI is InChI=1S/C11H14N2O/c1-13-10(7-8-12-13)11(14)9-5-3-2-4-6-9/h5,7-8H,2-4,6H2,1H3. The van der Waals surface area contributed by atoms with E-state index >= 15 is 0 Å². The maximum atomic E-state index is 12.0. The monoisotopic (exact) mass is 190 g/mol. The number of carbonyl (C=O) groups is 1. The maximum absolute atomic E-state index is 12.0. The Balaban J connectivity index is 2.23. The zero-order valence-corrected chi connectivity index (χ0v) is 8.36. The van der Waals surface area contributed by atoms with E-state index in [4.69, 9.17) is 0 Å². The van der Waals surface area contributed by atoms with Crippen molar-refractivity contribution in [3.63, 3.8) is 0 Å². The quantitative estimate of drug-likeness (QED) is 0.669. The first kappa shape index (κ1) is 9.19. The van der Waals surface area contributed by atoms with Crippen LogP contribution in [0.2, 0.25) is 0 Å². The Bertz CT molecular complexity index is 376. The van der Waals surface area contributed by atoms with Crippen LogP contribution in [0.25, 0.3) is 0 Å². The normalized spacial score (nSPS) is 16.5. The number of aromatic nitrogens is 2. The molecule has 0 aliphatic heterocycles. The highest BCUT2D eigenvalue weighted by Crippen LogP contribution is 2.20. The number of hydrogen-bond acceptors (Lipinski definition) is 2. The molecule has 0 radical (unpaired) electrons. The fraction of sp³-hybridized carbons (Fsp3) is 0.455. The van der Waals surface area contributed by atoms with Gasteiger partial charge in [0.2, 0.25) is 5.78 Å². The molecule has 1 aliphatic rings. The molecule has 1 aliphatic carbocycles. The van der Waals surface area contributed by atoms with E-state index in [1.807, 2.05) is 0 Å². The van der Waals surface area contributed by atoms with Crippen LogP contribution in [0.4, 0.5) is 0 Å². The van der Waals surface area contributed by atoms with Crippen LogP contribution in [0.15, 0.2) is 23.9 Å². The first-order valence-corrected chi connectivity index (χ1v) is 5.01. The van der Waals surface area contributed by atoms with Crippen molar-refractivity contribution >= 4 is 5.78 Å². The number of rotatable bonds is 2. The summed E-state index contributed by atoms with van der Waals surface area (Å²) in [5.74, 6) is 0.143. The highest BCUT2D eigenvalue weighted by molar-refractivity contribution is 6.07. The lowest BCUT2D eigenvalue weighted by molar-refractivity contribution is 0.102. The molecule has 0 aromatic carbocycles. The van der Waals surface area contributed by atoms with Gasteiger partial charge in [0.1, 0.15) is 5.69 Å². The van der Waals surface area contributed by atoms with Gasteiger partial charge in [-0.1, -0.05) is 6.08 Å². The molecule has 1 aromatic rings. The molecule has 0 atom stereocenters. The molecule has 3 nitrogen and oxygen atoms in total. The van der Waals surface area contributed by atoms with Crippen LogP contribution in [-0.4, -0.2) is 15.6 Å². The summed E-state index contributed by atoms with van der Waals surface area (Å²) in [5, 5.41) is 4.00. The first-order valence-electron chi connectivity index (χ1n) is 5.01. The summed E-state index contributed by atoms with van der Waals surface area (Å²) in [7, 11) is 1.80. The predicted octanol–water partition coefficient (Wildman–Crippen LogP) is 2.10. The van der Waals surface area contributed by atoms with Gasteiger partial charge in [0.25, 0.3) is 0 Å². The molecule has 0 N–H and O–H groups in total. The molecule has 0 fully saturated rings. The molecule has 0 saturated heterocycles. The Morgan fingerprint density at radius 1 is 1.50 bits per heavy atom. The Labute approximate surface area is 83.4 Å². The van der Waals surface area contributed by atoms with E-state index in [0.29, 0.717) is 5.69 Å². The lowest BCUT2D eigenvalue weighted by atomic mass is 9.95. The van der Waals surface area contributed by atoms with E-state index in [1.165, 1.54) is 6.42 Å². The number of nitrogens with zero attached hydrogens (tertiary/aromatic N) is 2. The number of hydrogen-bond donors (Lipinski definition) is 0. The van der Waals surface area contributed by atoms with Crippen LogP contribution in [-0.2, 0) is 7.05 Å². The fourth-order valence-corrected chi connectivity index (χ4v) is 1.81. The number of carbonyl (C=O) groups excluding carboxylic acids is 1. The third kappa shape index (κ3) is 1.62. The van der Waals surface area contributed by atoms with Crippen molar-refractivity contribution in [3.05, 3.63) is 29.6 Å². The molecule has 0 bridgehead atoms. The zero-order chi connectivity index (χ0) is 9.97. The highest BCUT2D eigenvalue weighted by Gasteiger charge is 2.16. The molecule has 0 unspecified atom stereocenters. The molecule has 3 heteroatoms. The van der Waals surface area contributed by atoms with Crippen LogP contribution in [0, 0.1) is 0 Å². The van der Waals surface area contributed by atoms with E-state index in [1.54, 1.807) is 24.0 Å². The summed E-state index contributed by atoms with van der Waals surface area (Å²) in [6, 6.07) is 1.78. The smallest absolute Gasteiger partial charge is 0.206 e. The minimum atomic E-state index is 0.143. The van der Waals surface area contributed by atoms with Crippen molar-refractivity contribution in [3.8, 4) is 0 Å². The number of allylic oxidation sites excluding steroid dienone is 2. The van der Waals surface area contributed by atoms with E-state index in [9.17, 15) is 4.79 Å². The summed E-state index contributed by atoms with van der Waals surface area (Å²) in [6.07, 6.45) is 8.04. The third-order valence-electron chi connectivity index (χ3n) is 2.64. The molecule has 2 rings (SSSR count). The van der Waals surface area contributed by atoms with Crippen molar-refractivity contribution in [1.82, 2.24) is 9.78 Å². The average Bonchev–Trinajstić information content (AvgIpc) is 2.65. The van der Waals surface area contributed by atoms with Gasteiger partial charge in [-0.3, -0.25) is 9.48 Å². The Kier molecular flexibility index (Phi) is 2.48. The van der Waals surface area contributed by atoms with Crippen molar-refractivity contribution in [2.75, 3.05) is 0 Å². The predicted molar refractivity (Wildman–Crippen MR) is 54.1 cm³/mol. The fourth-order valence-electron chi connectivity index (χ4n) is 1.81. The van der Waals surface area contributed by atoms with Gasteiger partial charge < -0.3 is 0 Å². The zero-order valence-electron chi connectivity index (χ0n) is 8.36. The van der Waals surface area contributed by atoms with Crippen molar-refractivity contribution in [1.29, 1.82) is 0 Å². The largest absolute Gasteiger partial charge is 0.287 e. The van der Waals surface area contributed by atoms with Crippen LogP contribution in [0.3, 0.4) is 0 Å². The van der Waals surface area contributed by atoms with Crippen molar-refractivity contribution in [2.45, 2.75) is 25.7 Å². The topological polar surface area (TPSA) is 34.9 Å². The summed E-state index contributed by atoms with van der Waals surface area (Å²) < 4.78 is 1.64. The average molecular weight is 190 g/mol. The number of Topliss-reactive ketones (excluding diaryl/α,β-unsaturated/α-hetero) is 1. The molecule has 74 valence electrons. The van der Waals surface area contributed by atoms with Crippen molar-refractivity contribution in [2.24, 2.45) is 7.05 Å². The third-order valence-corrected chi connectivity index (χ3v) is 2.64. The van der Waals surface area contributed by atoms with Gasteiger partial charge in [-0.25, -0.2) is 0 Å². The van der Waals surface area contributed by atoms with E-state index in [2.05, 4.69) is 11.2 Å². The van der Waals surface area contributed by atoms with Gasteiger partial charge in [-0.05, 0) is 37.3 Å². The van der Waals surface area contributed by atoms with E-state index in [-0.39, 0.29) is 5.78 Å². The van der Waals surface area contributed by atoms with Crippen LogP contribution in [0.5, 0.6) is 0 Å². The Hall–Kier alpha value is -1.38. The lowest BCUT2D eigenvalue weighted by Crippen LogP contribution is -2.11. The number of aryl methyl sites for hydroxylation is 1. The second-order valence-electron chi connectivity index (χ2n) is 3.64. The minimum Gasteiger partial charge on any atom is -0.287 e. The van der Waals surface area contributed by atoms with E-state index < -0.39 is 0 Å². The second kappa shape index (κ2) is 3.78. The van der Waals surface area contributed by atoms with Crippen LogP contribution >= 0.6 is 0 Å². The molecule has 0 spiro atoms. The number of ketones is 1. The molecule has 0 saturated carbocycles. The summed E-state index contributed by atoms with van der Waals surface area (Å²) in [4.78, 5) is 12.0. The summed E-state index contributed by atoms with van der Waals surface area (Å²) >= 11 is 0. The van der Waals surface area contributed by atoms with Gasteiger partial charge >= 0.3 is 0 Å². The highest BCUT2D eigenvalue weighted by atomic mass is 16.1. The van der Waals surface area contributed by atoms with E-state index in [0.717, 1.165) is 24.8 Å². The molecule has 1 aromatic heterocycles. The van der Waals surface area contributed by atoms with Gasteiger partial charge in [0, 0.05) is 13.2 Å². The van der Waals surface area contributed by atoms with Gasteiger partial charge in [-0.15, -0.1) is 0 Å². The van der Waals surface area contributed by atoms with Gasteiger partial charge in [-0.2, -0.15) is 5.10 Å². The van der Waals surface area contributed by atoms with Crippen LogP contribution in [0.1, 0.15) is 36.2 Å². The molecular weight excluding hydrogens is 176 g/mol. The van der Waals surface area contributed by atoms with Crippen molar-refractivity contribution < 1.29 is 4.79 Å². The van der Waals surface area contributed by atoms with Gasteiger partial charge in [0.05, 0.1) is 0 Å².